The fourth-order valence-corrected chi connectivity index (χ4v) is 2.70. The molecule has 0 bridgehead atoms. The van der Waals surface area contributed by atoms with Crippen molar-refractivity contribution in [1.82, 2.24) is 0 Å². The van der Waals surface area contributed by atoms with E-state index in [1.165, 1.54) is 0 Å². The highest BCUT2D eigenvalue weighted by Gasteiger charge is 2.17. The lowest BCUT2D eigenvalue weighted by molar-refractivity contribution is 0.340. The fraction of sp³-hybridized carbons (Fsp3) is 0.211. The molecule has 1 heterocycles. The Balaban J connectivity index is 2.27. The van der Waals surface area contributed by atoms with E-state index in [0.29, 0.717) is 40.4 Å². The summed E-state index contributed by atoms with van der Waals surface area (Å²) in [5, 5.41) is 0.528. The Morgan fingerprint density at radius 1 is 1.13 bits per heavy atom. The predicted molar refractivity (Wildman–Crippen MR) is 90.4 cm³/mol. The van der Waals surface area contributed by atoms with Gasteiger partial charge in [-0.25, -0.2) is 0 Å². The van der Waals surface area contributed by atoms with E-state index in [-0.39, 0.29) is 5.43 Å². The van der Waals surface area contributed by atoms with E-state index in [4.69, 9.17) is 13.9 Å². The van der Waals surface area contributed by atoms with Crippen LogP contribution in [0.5, 0.6) is 11.5 Å². The molecule has 0 aliphatic rings. The number of aryl methyl sites for hydroxylation is 1. The van der Waals surface area contributed by atoms with E-state index in [2.05, 4.69) is 0 Å². The van der Waals surface area contributed by atoms with Crippen molar-refractivity contribution in [2.45, 2.75) is 13.8 Å². The van der Waals surface area contributed by atoms with Crippen LogP contribution in [0, 0.1) is 6.92 Å². The summed E-state index contributed by atoms with van der Waals surface area (Å²) < 4.78 is 16.7. The van der Waals surface area contributed by atoms with Crippen molar-refractivity contribution in [3.8, 4) is 22.6 Å². The summed E-state index contributed by atoms with van der Waals surface area (Å²) in [6.45, 7) is 4.26. The molecule has 0 aliphatic carbocycles. The number of hydrogen-bond donors (Lipinski definition) is 0. The first-order chi connectivity index (χ1) is 11.2. The van der Waals surface area contributed by atoms with Gasteiger partial charge >= 0.3 is 0 Å². The number of ether oxygens (including phenoxy) is 2. The molecule has 0 unspecified atom stereocenters. The Kier molecular flexibility index (Phi) is 4.06. The number of fused-ring (bicyclic) bond motifs is 1. The van der Waals surface area contributed by atoms with Crippen LogP contribution in [0.3, 0.4) is 0 Å². The highest BCUT2D eigenvalue weighted by atomic mass is 16.5. The molecule has 0 spiro atoms. The van der Waals surface area contributed by atoms with Crippen LogP contribution in [-0.2, 0) is 0 Å². The molecule has 0 saturated carbocycles. The highest BCUT2D eigenvalue weighted by Crippen LogP contribution is 2.32. The molecule has 4 nitrogen and oxygen atoms in total. The molecule has 0 atom stereocenters. The second-order valence-corrected chi connectivity index (χ2v) is 5.15. The summed E-state index contributed by atoms with van der Waals surface area (Å²) in [7, 11) is 1.59. The van der Waals surface area contributed by atoms with Crippen molar-refractivity contribution < 1.29 is 13.9 Å². The Morgan fingerprint density at radius 3 is 2.65 bits per heavy atom. The Bertz CT molecular complexity index is 909. The van der Waals surface area contributed by atoms with Crippen molar-refractivity contribution >= 4 is 11.0 Å². The van der Waals surface area contributed by atoms with Crippen molar-refractivity contribution in [2.24, 2.45) is 0 Å². The number of methoxy groups -OCH3 is 1. The Hall–Kier alpha value is -2.75. The van der Waals surface area contributed by atoms with E-state index < -0.39 is 0 Å². The maximum atomic E-state index is 12.9. The maximum absolute atomic E-state index is 12.9. The van der Waals surface area contributed by atoms with Crippen LogP contribution in [0.25, 0.3) is 22.1 Å². The third kappa shape index (κ3) is 2.68. The van der Waals surface area contributed by atoms with Crippen LogP contribution in [0.4, 0.5) is 0 Å². The predicted octanol–water partition coefficient (Wildman–Crippen LogP) is 4.18. The van der Waals surface area contributed by atoms with Crippen molar-refractivity contribution in [2.75, 3.05) is 13.7 Å². The summed E-state index contributed by atoms with van der Waals surface area (Å²) in [4.78, 5) is 12.9. The van der Waals surface area contributed by atoms with Gasteiger partial charge in [0.2, 0.25) is 5.43 Å². The smallest absolute Gasteiger partial charge is 0.200 e. The van der Waals surface area contributed by atoms with Gasteiger partial charge in [-0.15, -0.1) is 0 Å². The summed E-state index contributed by atoms with van der Waals surface area (Å²) in [6, 6.07) is 12.7. The normalized spacial score (nSPS) is 10.7. The standard InChI is InChI=1S/C19H18O4/c1-4-22-13-9-10-15-17(11-13)23-12(2)18(19(15)20)14-7-5-6-8-16(14)21-3/h5-11H,4H2,1-3H3. The lowest BCUT2D eigenvalue weighted by atomic mass is 10.0. The SMILES string of the molecule is CCOc1ccc2c(=O)c(-c3ccccc3OC)c(C)oc2c1. The molecular weight excluding hydrogens is 292 g/mol. The zero-order valence-electron chi connectivity index (χ0n) is 13.4. The topological polar surface area (TPSA) is 48.7 Å². The van der Waals surface area contributed by atoms with Crippen LogP contribution in [0.15, 0.2) is 51.7 Å². The van der Waals surface area contributed by atoms with Gasteiger partial charge in [0.15, 0.2) is 0 Å². The first kappa shape index (κ1) is 15.2. The zero-order chi connectivity index (χ0) is 16.4. The first-order valence-electron chi connectivity index (χ1n) is 7.49. The van der Waals surface area contributed by atoms with Gasteiger partial charge in [0.1, 0.15) is 22.8 Å². The minimum absolute atomic E-state index is 0.0729. The van der Waals surface area contributed by atoms with Crippen LogP contribution in [-0.4, -0.2) is 13.7 Å². The average Bonchev–Trinajstić information content (AvgIpc) is 2.55. The molecule has 0 amide bonds. The minimum Gasteiger partial charge on any atom is -0.496 e. The van der Waals surface area contributed by atoms with Gasteiger partial charge in [-0.3, -0.25) is 4.79 Å². The number of hydrogen-bond acceptors (Lipinski definition) is 4. The van der Waals surface area contributed by atoms with Gasteiger partial charge in [-0.2, -0.15) is 0 Å². The van der Waals surface area contributed by atoms with Crippen molar-refractivity contribution in [1.29, 1.82) is 0 Å². The van der Waals surface area contributed by atoms with Gasteiger partial charge in [-0.05, 0) is 32.0 Å². The number of rotatable bonds is 4. The van der Waals surface area contributed by atoms with E-state index in [1.807, 2.05) is 31.2 Å². The molecule has 0 saturated heterocycles. The van der Waals surface area contributed by atoms with Gasteiger partial charge in [-0.1, -0.05) is 18.2 Å². The van der Waals surface area contributed by atoms with Gasteiger partial charge in [0, 0.05) is 11.6 Å². The molecule has 4 heteroatoms. The molecular formula is C19H18O4. The monoisotopic (exact) mass is 310 g/mol. The second-order valence-electron chi connectivity index (χ2n) is 5.15. The quantitative estimate of drug-likeness (QED) is 0.725. The molecule has 0 fully saturated rings. The number of benzene rings is 2. The van der Waals surface area contributed by atoms with Gasteiger partial charge in [0.05, 0.1) is 24.7 Å². The maximum Gasteiger partial charge on any atom is 0.200 e. The third-order valence-corrected chi connectivity index (χ3v) is 3.73. The summed E-state index contributed by atoms with van der Waals surface area (Å²) in [5.74, 6) is 1.89. The van der Waals surface area contributed by atoms with Crippen molar-refractivity contribution in [3.63, 3.8) is 0 Å². The van der Waals surface area contributed by atoms with Crippen LogP contribution in [0.2, 0.25) is 0 Å². The van der Waals surface area contributed by atoms with Crippen LogP contribution in [0.1, 0.15) is 12.7 Å². The number of para-hydroxylation sites is 1. The third-order valence-electron chi connectivity index (χ3n) is 3.73. The summed E-state index contributed by atoms with van der Waals surface area (Å²) in [5.41, 5.74) is 1.71. The molecule has 23 heavy (non-hydrogen) atoms. The second kappa shape index (κ2) is 6.16. The molecule has 3 rings (SSSR count). The molecule has 3 aromatic rings. The van der Waals surface area contributed by atoms with Gasteiger partial charge < -0.3 is 13.9 Å². The molecule has 0 aliphatic heterocycles. The molecule has 1 aromatic heterocycles. The molecule has 0 N–H and O–H groups in total. The fourth-order valence-electron chi connectivity index (χ4n) is 2.70. The minimum atomic E-state index is -0.0729. The van der Waals surface area contributed by atoms with Crippen molar-refractivity contribution in [3.05, 3.63) is 58.4 Å². The molecule has 118 valence electrons. The summed E-state index contributed by atoms with van der Waals surface area (Å²) >= 11 is 0. The van der Waals surface area contributed by atoms with E-state index in [9.17, 15) is 4.79 Å². The van der Waals surface area contributed by atoms with Gasteiger partial charge in [0.25, 0.3) is 0 Å². The van der Waals surface area contributed by atoms with Crippen LogP contribution < -0.4 is 14.9 Å². The largest absolute Gasteiger partial charge is 0.496 e. The van der Waals surface area contributed by atoms with E-state index in [1.54, 1.807) is 32.2 Å². The zero-order valence-corrected chi connectivity index (χ0v) is 13.4. The first-order valence-corrected chi connectivity index (χ1v) is 7.49. The highest BCUT2D eigenvalue weighted by molar-refractivity contribution is 5.85. The Morgan fingerprint density at radius 2 is 1.91 bits per heavy atom. The molecule has 0 radical (unpaired) electrons. The van der Waals surface area contributed by atoms with E-state index >= 15 is 0 Å². The lowest BCUT2D eigenvalue weighted by Crippen LogP contribution is -2.08. The average molecular weight is 310 g/mol. The Labute approximate surface area is 134 Å². The van der Waals surface area contributed by atoms with Crippen LogP contribution >= 0.6 is 0 Å². The molecule has 2 aromatic carbocycles. The lowest BCUT2D eigenvalue weighted by Gasteiger charge is -2.11. The summed E-state index contributed by atoms with van der Waals surface area (Å²) in [6.07, 6.45) is 0. The van der Waals surface area contributed by atoms with E-state index in [0.717, 1.165) is 5.56 Å².